The predicted octanol–water partition coefficient (Wildman–Crippen LogP) is 2.91. The highest BCUT2D eigenvalue weighted by atomic mass is 79.9. The van der Waals surface area contributed by atoms with Gasteiger partial charge in [-0.05, 0) is 28.1 Å². The molecule has 0 aliphatic heterocycles. The number of nitrogens with zero attached hydrogens (tertiary/aromatic N) is 2. The first-order chi connectivity index (χ1) is 6.70. The largest absolute Gasteiger partial charge is 0.230 e. The topological polar surface area (TPSA) is 17.8 Å². The van der Waals surface area contributed by atoms with E-state index in [9.17, 15) is 8.78 Å². The highest BCUT2D eigenvalue weighted by Gasteiger charge is 2.12. The first-order valence-electron chi connectivity index (χ1n) is 3.84. The molecule has 1 aromatic heterocycles. The maximum Gasteiger partial charge on any atom is 0.230 e. The normalized spacial score (nSPS) is 10.5. The summed E-state index contributed by atoms with van der Waals surface area (Å²) in [5.41, 5.74) is 0.0932. The van der Waals surface area contributed by atoms with Crippen molar-refractivity contribution < 1.29 is 8.78 Å². The summed E-state index contributed by atoms with van der Waals surface area (Å²) in [6.07, 6.45) is 1.28. The Balaban J connectivity index is 2.60. The molecule has 0 aliphatic carbocycles. The van der Waals surface area contributed by atoms with Crippen molar-refractivity contribution in [3.63, 3.8) is 0 Å². The fraction of sp³-hybridized carbons (Fsp3) is 0. The first-order valence-corrected chi connectivity index (χ1v) is 4.63. The van der Waals surface area contributed by atoms with Crippen LogP contribution in [0.15, 0.2) is 34.9 Å². The van der Waals surface area contributed by atoms with Gasteiger partial charge in [0, 0.05) is 0 Å². The average Bonchev–Trinajstić information content (AvgIpc) is 2.49. The lowest BCUT2D eigenvalue weighted by atomic mass is 10.3. The Morgan fingerprint density at radius 3 is 2.50 bits per heavy atom. The molecule has 2 aromatic rings. The van der Waals surface area contributed by atoms with Gasteiger partial charge in [-0.15, -0.1) is 0 Å². The van der Waals surface area contributed by atoms with Gasteiger partial charge in [-0.2, -0.15) is 9.49 Å². The van der Waals surface area contributed by atoms with E-state index in [2.05, 4.69) is 21.0 Å². The minimum atomic E-state index is -0.616. The van der Waals surface area contributed by atoms with Crippen LogP contribution in [0.2, 0.25) is 0 Å². The van der Waals surface area contributed by atoms with Gasteiger partial charge in [0.1, 0.15) is 11.5 Å². The molecule has 5 heteroatoms. The van der Waals surface area contributed by atoms with Crippen LogP contribution in [0.1, 0.15) is 0 Å². The van der Waals surface area contributed by atoms with Crippen molar-refractivity contribution in [2.75, 3.05) is 0 Å². The third-order valence-corrected chi connectivity index (χ3v) is 2.28. The van der Waals surface area contributed by atoms with Crippen LogP contribution in [0.4, 0.5) is 8.78 Å². The summed E-state index contributed by atoms with van der Waals surface area (Å²) < 4.78 is 27.6. The van der Waals surface area contributed by atoms with E-state index < -0.39 is 11.8 Å². The molecule has 2 nitrogen and oxygen atoms in total. The van der Waals surface area contributed by atoms with Crippen LogP contribution < -0.4 is 0 Å². The second-order valence-corrected chi connectivity index (χ2v) is 3.50. The molecule has 0 spiro atoms. The van der Waals surface area contributed by atoms with Crippen LogP contribution in [0, 0.1) is 11.8 Å². The zero-order chi connectivity index (χ0) is 10.1. The molecule has 14 heavy (non-hydrogen) atoms. The fourth-order valence-corrected chi connectivity index (χ4v) is 1.36. The molecule has 0 saturated carbocycles. The van der Waals surface area contributed by atoms with E-state index in [4.69, 9.17) is 0 Å². The molecule has 0 bridgehead atoms. The van der Waals surface area contributed by atoms with Crippen molar-refractivity contribution >= 4 is 15.9 Å². The van der Waals surface area contributed by atoms with Crippen LogP contribution >= 0.6 is 15.9 Å². The van der Waals surface area contributed by atoms with E-state index in [-0.39, 0.29) is 10.2 Å². The summed E-state index contributed by atoms with van der Waals surface area (Å²) in [6.45, 7) is 0. The maximum absolute atomic E-state index is 13.3. The van der Waals surface area contributed by atoms with Crippen molar-refractivity contribution in [2.24, 2.45) is 0 Å². The molecule has 0 saturated heterocycles. The van der Waals surface area contributed by atoms with Crippen molar-refractivity contribution in [3.8, 4) is 5.69 Å². The second kappa shape index (κ2) is 3.49. The molecule has 0 aliphatic rings. The average molecular weight is 259 g/mol. The lowest BCUT2D eigenvalue weighted by Crippen LogP contribution is -2.01. The Bertz CT molecular complexity index is 468. The summed E-state index contributed by atoms with van der Waals surface area (Å²) in [4.78, 5) is 0. The third-order valence-electron chi connectivity index (χ3n) is 1.75. The summed E-state index contributed by atoms with van der Waals surface area (Å²) in [5.74, 6) is -1.13. The minimum Gasteiger partial charge on any atom is -0.205 e. The van der Waals surface area contributed by atoms with Gasteiger partial charge in [-0.1, -0.05) is 12.1 Å². The van der Waals surface area contributed by atoms with Gasteiger partial charge in [-0.25, -0.2) is 9.07 Å². The molecule has 0 amide bonds. The van der Waals surface area contributed by atoms with Crippen LogP contribution in [-0.2, 0) is 0 Å². The summed E-state index contributed by atoms with van der Waals surface area (Å²) in [5, 5.41) is 3.70. The van der Waals surface area contributed by atoms with Crippen molar-refractivity contribution in [2.45, 2.75) is 0 Å². The molecule has 0 unspecified atom stereocenters. The van der Waals surface area contributed by atoms with Crippen molar-refractivity contribution in [3.05, 3.63) is 46.7 Å². The Labute approximate surface area is 87.3 Å². The second-order valence-electron chi connectivity index (χ2n) is 2.65. The number of hydrogen-bond acceptors (Lipinski definition) is 1. The van der Waals surface area contributed by atoms with Gasteiger partial charge in [0.15, 0.2) is 0 Å². The number of benzene rings is 1. The lowest BCUT2D eigenvalue weighted by molar-refractivity contribution is 0.516. The smallest absolute Gasteiger partial charge is 0.205 e. The first kappa shape index (κ1) is 9.33. The van der Waals surface area contributed by atoms with E-state index in [0.717, 1.165) is 4.68 Å². The Morgan fingerprint density at radius 1 is 1.21 bits per heavy atom. The van der Waals surface area contributed by atoms with Crippen LogP contribution in [0.25, 0.3) is 5.69 Å². The molecular formula is C9H5BrF2N2. The zero-order valence-electron chi connectivity index (χ0n) is 6.92. The highest BCUT2D eigenvalue weighted by molar-refractivity contribution is 9.10. The van der Waals surface area contributed by atoms with E-state index in [1.54, 1.807) is 6.07 Å². The van der Waals surface area contributed by atoms with Gasteiger partial charge in [-0.3, -0.25) is 0 Å². The number of aromatic nitrogens is 2. The molecule has 1 heterocycles. The third kappa shape index (κ3) is 1.43. The quantitative estimate of drug-likeness (QED) is 0.769. The summed E-state index contributed by atoms with van der Waals surface area (Å²) >= 11 is 2.96. The Morgan fingerprint density at radius 2 is 1.93 bits per heavy atom. The number of rotatable bonds is 1. The van der Waals surface area contributed by atoms with Gasteiger partial charge < -0.3 is 0 Å². The molecule has 1 aromatic carbocycles. The van der Waals surface area contributed by atoms with Crippen LogP contribution in [-0.4, -0.2) is 9.78 Å². The SMILES string of the molecule is Fc1ccccc1-n1ncc(Br)c1F. The fourth-order valence-electron chi connectivity index (χ4n) is 1.11. The lowest BCUT2D eigenvalue weighted by Gasteiger charge is -2.02. The summed E-state index contributed by atoms with van der Waals surface area (Å²) in [6, 6.07) is 5.87. The molecular weight excluding hydrogens is 254 g/mol. The van der Waals surface area contributed by atoms with E-state index in [0.29, 0.717) is 0 Å². The van der Waals surface area contributed by atoms with Crippen LogP contribution in [0.5, 0.6) is 0 Å². The molecule has 72 valence electrons. The standard InChI is InChI=1S/C9H5BrF2N2/c10-6-5-13-14(9(6)12)8-4-2-1-3-7(8)11/h1-5H. The van der Waals surface area contributed by atoms with E-state index in [1.807, 2.05) is 0 Å². The van der Waals surface area contributed by atoms with E-state index in [1.165, 1.54) is 24.4 Å². The number of para-hydroxylation sites is 1. The van der Waals surface area contributed by atoms with E-state index >= 15 is 0 Å². The Kier molecular flexibility index (Phi) is 2.33. The van der Waals surface area contributed by atoms with Gasteiger partial charge in [0.25, 0.3) is 0 Å². The molecule has 0 radical (unpaired) electrons. The van der Waals surface area contributed by atoms with Gasteiger partial charge in [0.2, 0.25) is 5.95 Å². The number of halogens is 3. The maximum atomic E-state index is 13.3. The van der Waals surface area contributed by atoms with Crippen molar-refractivity contribution in [1.82, 2.24) is 9.78 Å². The molecule has 0 atom stereocenters. The summed E-state index contributed by atoms with van der Waals surface area (Å²) in [7, 11) is 0. The Hall–Kier alpha value is -1.23. The number of hydrogen-bond donors (Lipinski definition) is 0. The zero-order valence-corrected chi connectivity index (χ0v) is 8.50. The molecule has 0 N–H and O–H groups in total. The highest BCUT2D eigenvalue weighted by Crippen LogP contribution is 2.19. The van der Waals surface area contributed by atoms with Crippen molar-refractivity contribution in [1.29, 1.82) is 0 Å². The molecule has 2 rings (SSSR count). The predicted molar refractivity (Wildman–Crippen MR) is 51.2 cm³/mol. The van der Waals surface area contributed by atoms with Gasteiger partial charge >= 0.3 is 0 Å². The monoisotopic (exact) mass is 258 g/mol. The van der Waals surface area contributed by atoms with Gasteiger partial charge in [0.05, 0.1) is 10.7 Å². The minimum absolute atomic E-state index is 0.0932. The van der Waals surface area contributed by atoms with Crippen LogP contribution in [0.3, 0.4) is 0 Å². The molecule has 0 fully saturated rings.